The largest absolute Gasteiger partial charge is 0.494 e. The maximum atomic E-state index is 13.7. The second-order valence-corrected chi connectivity index (χ2v) is 10.0. The van der Waals surface area contributed by atoms with Crippen LogP contribution in [0.5, 0.6) is 5.75 Å². The fourth-order valence-corrected chi connectivity index (χ4v) is 5.04. The van der Waals surface area contributed by atoms with Crippen molar-refractivity contribution in [1.29, 1.82) is 0 Å². The lowest BCUT2D eigenvalue weighted by atomic mass is 10.1. The van der Waals surface area contributed by atoms with Crippen LogP contribution in [0, 0.1) is 0 Å². The van der Waals surface area contributed by atoms with Gasteiger partial charge in [-0.15, -0.1) is 0 Å². The molecule has 1 fully saturated rings. The second kappa shape index (κ2) is 14.4. The van der Waals surface area contributed by atoms with E-state index in [0.717, 1.165) is 25.0 Å². The van der Waals surface area contributed by atoms with E-state index in [1.165, 1.54) is 10.5 Å². The molecule has 0 radical (unpaired) electrons. The van der Waals surface area contributed by atoms with Gasteiger partial charge in [-0.1, -0.05) is 37.3 Å². The Labute approximate surface area is 246 Å². The van der Waals surface area contributed by atoms with Crippen molar-refractivity contribution in [2.24, 2.45) is 0 Å². The molecule has 0 saturated carbocycles. The summed E-state index contributed by atoms with van der Waals surface area (Å²) in [5.41, 5.74) is 2.73. The number of nitrogens with one attached hydrogen (secondary N) is 1. The van der Waals surface area contributed by atoms with Crippen molar-refractivity contribution in [2.45, 2.75) is 45.6 Å². The number of aryl methyl sites for hydroxylation is 1. The number of thiocarbonyl (C=S) groups is 1. The van der Waals surface area contributed by atoms with Crippen molar-refractivity contribution in [1.82, 2.24) is 4.90 Å². The van der Waals surface area contributed by atoms with Gasteiger partial charge in [-0.25, -0.2) is 4.79 Å². The summed E-state index contributed by atoms with van der Waals surface area (Å²) in [7, 11) is 0. The molecule has 0 aromatic heterocycles. The van der Waals surface area contributed by atoms with Gasteiger partial charge in [0.05, 0.1) is 30.9 Å². The van der Waals surface area contributed by atoms with E-state index >= 15 is 0 Å². The molecular weight excluding hydrogens is 538 g/mol. The number of hydrogen-bond acceptors (Lipinski definition) is 6. The van der Waals surface area contributed by atoms with Gasteiger partial charge < -0.3 is 19.7 Å². The number of benzene rings is 3. The van der Waals surface area contributed by atoms with Crippen molar-refractivity contribution < 1.29 is 23.9 Å². The van der Waals surface area contributed by atoms with Crippen LogP contribution in [0.15, 0.2) is 78.9 Å². The maximum Gasteiger partial charge on any atom is 0.338 e. The van der Waals surface area contributed by atoms with Gasteiger partial charge in [0.15, 0.2) is 5.11 Å². The Bertz CT molecular complexity index is 1350. The Morgan fingerprint density at radius 2 is 1.66 bits per heavy atom. The van der Waals surface area contributed by atoms with E-state index in [-0.39, 0.29) is 24.8 Å². The molecule has 4 rings (SSSR count). The Kier molecular flexibility index (Phi) is 10.5. The van der Waals surface area contributed by atoms with Crippen LogP contribution < -0.4 is 15.0 Å². The molecule has 3 aromatic carbocycles. The van der Waals surface area contributed by atoms with Gasteiger partial charge in [-0.05, 0) is 92.5 Å². The van der Waals surface area contributed by atoms with Crippen molar-refractivity contribution in [3.63, 3.8) is 0 Å². The molecule has 1 aliphatic rings. The lowest BCUT2D eigenvalue weighted by molar-refractivity contribution is -0.124. The fraction of sp³-hybridized carbons (Fsp3) is 0.312. The molecule has 1 atom stereocenters. The molecule has 9 heteroatoms. The SMILES string of the molecule is CCCOc1ccc(NC(=O)CC2C(=O)N(c3ccc(C(=O)OCC)cc3)C(=S)N2CCCc2ccccc2)cc1. The van der Waals surface area contributed by atoms with Crippen molar-refractivity contribution >= 4 is 46.5 Å². The van der Waals surface area contributed by atoms with Crippen molar-refractivity contribution in [2.75, 3.05) is 30.0 Å². The topological polar surface area (TPSA) is 88.2 Å². The summed E-state index contributed by atoms with van der Waals surface area (Å²) in [5, 5.41) is 3.23. The minimum Gasteiger partial charge on any atom is -0.494 e. The average molecular weight is 574 g/mol. The van der Waals surface area contributed by atoms with Gasteiger partial charge in [0.2, 0.25) is 5.91 Å². The fourth-order valence-electron chi connectivity index (χ4n) is 4.63. The Morgan fingerprint density at radius 1 is 0.951 bits per heavy atom. The van der Waals surface area contributed by atoms with Crippen LogP contribution >= 0.6 is 12.2 Å². The van der Waals surface area contributed by atoms with Gasteiger partial charge in [-0.2, -0.15) is 0 Å². The molecule has 1 N–H and O–H groups in total. The number of ether oxygens (including phenoxy) is 2. The van der Waals surface area contributed by atoms with E-state index in [9.17, 15) is 14.4 Å². The zero-order chi connectivity index (χ0) is 29.2. The quantitative estimate of drug-likeness (QED) is 0.210. The second-order valence-electron chi connectivity index (χ2n) is 9.65. The van der Waals surface area contributed by atoms with E-state index in [2.05, 4.69) is 17.4 Å². The van der Waals surface area contributed by atoms with Crippen molar-refractivity contribution in [3.05, 3.63) is 90.0 Å². The molecule has 0 spiro atoms. The molecule has 3 aromatic rings. The highest BCUT2D eigenvalue weighted by atomic mass is 32.1. The molecule has 1 saturated heterocycles. The third kappa shape index (κ3) is 7.70. The average Bonchev–Trinajstić information content (AvgIpc) is 3.21. The number of carbonyl (C=O) groups excluding carboxylic acids is 3. The number of esters is 1. The molecule has 1 heterocycles. The summed E-state index contributed by atoms with van der Waals surface area (Å²) in [6.45, 7) is 5.19. The number of carbonyl (C=O) groups is 3. The normalized spacial score (nSPS) is 14.7. The van der Waals surface area contributed by atoms with E-state index < -0.39 is 12.0 Å². The van der Waals surface area contributed by atoms with Crippen LogP contribution in [0.25, 0.3) is 0 Å². The lowest BCUT2D eigenvalue weighted by Gasteiger charge is -2.24. The first-order chi connectivity index (χ1) is 19.9. The first-order valence-corrected chi connectivity index (χ1v) is 14.3. The van der Waals surface area contributed by atoms with Crippen LogP contribution in [0.2, 0.25) is 0 Å². The van der Waals surface area contributed by atoms with Gasteiger partial charge in [0.25, 0.3) is 5.91 Å². The standard InChI is InChI=1S/C32H35N3O5S/c1-3-21-40-27-18-14-25(15-19-27)33-29(36)22-28-30(37)35(26-16-12-24(13-17-26)31(38)39-4-2)32(41)34(28)20-8-11-23-9-6-5-7-10-23/h5-7,9-10,12-19,28H,3-4,8,11,20-22H2,1-2H3,(H,33,36). The molecule has 41 heavy (non-hydrogen) atoms. The van der Waals surface area contributed by atoms with Gasteiger partial charge in [0, 0.05) is 12.2 Å². The Balaban J connectivity index is 1.49. The van der Waals surface area contributed by atoms with Gasteiger partial charge >= 0.3 is 5.97 Å². The Hall–Kier alpha value is -4.24. The third-order valence-electron chi connectivity index (χ3n) is 6.65. The first-order valence-electron chi connectivity index (χ1n) is 13.9. The molecular formula is C32H35N3O5S. The highest BCUT2D eigenvalue weighted by Crippen LogP contribution is 2.28. The van der Waals surface area contributed by atoms with Crippen LogP contribution in [0.4, 0.5) is 11.4 Å². The summed E-state index contributed by atoms with van der Waals surface area (Å²) in [4.78, 5) is 42.2. The van der Waals surface area contributed by atoms with E-state index in [1.807, 2.05) is 30.0 Å². The highest BCUT2D eigenvalue weighted by Gasteiger charge is 2.43. The molecule has 0 aliphatic carbocycles. The molecule has 0 bridgehead atoms. The van der Waals surface area contributed by atoms with Crippen LogP contribution in [0.1, 0.15) is 49.0 Å². The van der Waals surface area contributed by atoms with Gasteiger partial charge in [0.1, 0.15) is 11.8 Å². The third-order valence-corrected chi connectivity index (χ3v) is 7.07. The predicted octanol–water partition coefficient (Wildman–Crippen LogP) is 5.62. The number of nitrogens with zero attached hydrogens (tertiary/aromatic N) is 2. The molecule has 1 unspecified atom stereocenters. The number of rotatable bonds is 13. The summed E-state index contributed by atoms with van der Waals surface area (Å²) in [6.07, 6.45) is 2.41. The van der Waals surface area contributed by atoms with E-state index in [0.29, 0.717) is 35.2 Å². The maximum absolute atomic E-state index is 13.7. The molecule has 8 nitrogen and oxygen atoms in total. The monoisotopic (exact) mass is 573 g/mol. The molecule has 214 valence electrons. The summed E-state index contributed by atoms with van der Waals surface area (Å²) in [5.74, 6) is -0.273. The van der Waals surface area contributed by atoms with E-state index in [4.69, 9.17) is 21.7 Å². The van der Waals surface area contributed by atoms with Crippen LogP contribution in [-0.2, 0) is 20.7 Å². The Morgan fingerprint density at radius 3 is 2.32 bits per heavy atom. The molecule has 2 amide bonds. The van der Waals surface area contributed by atoms with Crippen molar-refractivity contribution in [3.8, 4) is 5.75 Å². The number of amides is 2. The first kappa shape index (κ1) is 29.7. The predicted molar refractivity (Wildman–Crippen MR) is 163 cm³/mol. The minimum absolute atomic E-state index is 0.0597. The summed E-state index contributed by atoms with van der Waals surface area (Å²) in [6, 6.07) is 23.1. The molecule has 1 aliphatic heterocycles. The summed E-state index contributed by atoms with van der Waals surface area (Å²) >= 11 is 5.78. The van der Waals surface area contributed by atoms with Crippen LogP contribution in [-0.4, -0.2) is 53.6 Å². The summed E-state index contributed by atoms with van der Waals surface area (Å²) < 4.78 is 10.7. The van der Waals surface area contributed by atoms with E-state index in [1.54, 1.807) is 55.5 Å². The van der Waals surface area contributed by atoms with Crippen LogP contribution in [0.3, 0.4) is 0 Å². The zero-order valence-corrected chi connectivity index (χ0v) is 24.2. The lowest BCUT2D eigenvalue weighted by Crippen LogP contribution is -2.38. The number of hydrogen-bond donors (Lipinski definition) is 1. The smallest absolute Gasteiger partial charge is 0.338 e. The zero-order valence-electron chi connectivity index (χ0n) is 23.4. The number of anilines is 2. The minimum atomic E-state index is -0.754. The van der Waals surface area contributed by atoms with Gasteiger partial charge in [-0.3, -0.25) is 14.5 Å². The highest BCUT2D eigenvalue weighted by molar-refractivity contribution is 7.80.